The molecular weight excluding hydrogens is 440 g/mol. The number of ether oxygens (including phenoxy) is 2. The highest BCUT2D eigenvalue weighted by Crippen LogP contribution is 2.33. The molecule has 1 aromatic rings. The van der Waals surface area contributed by atoms with Crippen LogP contribution in [0, 0.1) is 22.0 Å². The fraction of sp³-hybridized carbons (Fsp3) is 0.619. The lowest BCUT2D eigenvalue weighted by molar-refractivity contribution is -0.387. The fourth-order valence-electron chi connectivity index (χ4n) is 3.68. The zero-order valence-corrected chi connectivity index (χ0v) is 19.6. The van der Waals surface area contributed by atoms with Crippen molar-refractivity contribution < 1.29 is 32.4 Å². The van der Waals surface area contributed by atoms with Gasteiger partial charge >= 0.3 is 11.9 Å². The van der Waals surface area contributed by atoms with Crippen LogP contribution in [0.25, 0.3) is 0 Å². The Labute approximate surface area is 188 Å². The molecule has 0 amide bonds. The lowest BCUT2D eigenvalue weighted by Gasteiger charge is -2.32. The molecule has 0 spiro atoms. The number of rotatable bonds is 8. The largest absolute Gasteiger partial charge is 0.468 e. The summed E-state index contributed by atoms with van der Waals surface area (Å²) in [4.78, 5) is 34.3. The van der Waals surface area contributed by atoms with Crippen molar-refractivity contribution in [2.24, 2.45) is 11.8 Å². The molecule has 178 valence electrons. The maximum atomic E-state index is 13.3. The lowest BCUT2D eigenvalue weighted by atomic mass is 9.82. The van der Waals surface area contributed by atoms with Gasteiger partial charge in [0.2, 0.25) is 10.0 Å². The van der Waals surface area contributed by atoms with Crippen molar-refractivity contribution in [1.82, 2.24) is 4.31 Å². The Morgan fingerprint density at radius 3 is 2.28 bits per heavy atom. The van der Waals surface area contributed by atoms with Gasteiger partial charge in [0.1, 0.15) is 12.1 Å². The second-order valence-corrected chi connectivity index (χ2v) is 10.8. The molecule has 0 radical (unpaired) electrons. The quantitative estimate of drug-likeness (QED) is 0.322. The first-order chi connectivity index (χ1) is 14.8. The second kappa shape index (κ2) is 10.4. The molecule has 0 saturated heterocycles. The highest BCUT2D eigenvalue weighted by molar-refractivity contribution is 7.89. The highest BCUT2D eigenvalue weighted by atomic mass is 32.2. The molecule has 0 heterocycles. The minimum Gasteiger partial charge on any atom is -0.468 e. The van der Waals surface area contributed by atoms with Gasteiger partial charge in [-0.05, 0) is 58.4 Å². The van der Waals surface area contributed by atoms with Gasteiger partial charge in [0.15, 0.2) is 4.90 Å². The van der Waals surface area contributed by atoms with Crippen LogP contribution in [0.2, 0.25) is 0 Å². The van der Waals surface area contributed by atoms with Crippen LogP contribution < -0.4 is 0 Å². The van der Waals surface area contributed by atoms with Crippen molar-refractivity contribution in [3.8, 4) is 0 Å². The average molecular weight is 471 g/mol. The maximum Gasteiger partial charge on any atom is 0.321 e. The van der Waals surface area contributed by atoms with Crippen molar-refractivity contribution in [3.63, 3.8) is 0 Å². The van der Waals surface area contributed by atoms with Crippen LogP contribution in [0.15, 0.2) is 29.2 Å². The summed E-state index contributed by atoms with van der Waals surface area (Å²) >= 11 is 0. The lowest BCUT2D eigenvalue weighted by Crippen LogP contribution is -2.41. The molecule has 0 aromatic heterocycles. The smallest absolute Gasteiger partial charge is 0.321 e. The molecule has 1 aromatic carbocycles. The average Bonchev–Trinajstić information content (AvgIpc) is 2.72. The van der Waals surface area contributed by atoms with Gasteiger partial charge in [0.05, 0.1) is 18.0 Å². The summed E-state index contributed by atoms with van der Waals surface area (Å²) in [6, 6.07) is 5.02. The fourth-order valence-corrected chi connectivity index (χ4v) is 5.29. The zero-order valence-electron chi connectivity index (χ0n) is 18.8. The Bertz CT molecular complexity index is 947. The molecule has 0 N–H and O–H groups in total. The van der Waals surface area contributed by atoms with E-state index in [4.69, 9.17) is 4.74 Å². The minimum atomic E-state index is -4.34. The number of nitrogens with zero attached hydrogens (tertiary/aromatic N) is 2. The normalized spacial score (nSPS) is 19.4. The number of methoxy groups -OCH3 is 1. The first kappa shape index (κ1) is 25.7. The number of carbonyl (C=O) groups is 2. The molecule has 0 bridgehead atoms. The summed E-state index contributed by atoms with van der Waals surface area (Å²) in [5, 5.41) is 11.3. The Kier molecular flexibility index (Phi) is 8.35. The molecule has 0 atom stereocenters. The van der Waals surface area contributed by atoms with E-state index in [2.05, 4.69) is 4.74 Å². The van der Waals surface area contributed by atoms with Crippen LogP contribution in [-0.4, -0.2) is 55.4 Å². The Morgan fingerprint density at radius 2 is 1.75 bits per heavy atom. The summed E-state index contributed by atoms with van der Waals surface area (Å²) < 4.78 is 37.5. The third kappa shape index (κ3) is 6.73. The third-order valence-corrected chi connectivity index (χ3v) is 7.12. The van der Waals surface area contributed by atoms with Crippen molar-refractivity contribution in [2.75, 3.05) is 20.2 Å². The second-order valence-electron chi connectivity index (χ2n) is 8.85. The first-order valence-corrected chi connectivity index (χ1v) is 11.8. The number of para-hydroxylation sites is 1. The van der Waals surface area contributed by atoms with Gasteiger partial charge in [-0.2, -0.15) is 4.31 Å². The summed E-state index contributed by atoms with van der Waals surface area (Å²) in [5.41, 5.74) is -1.14. The Hall–Kier alpha value is -2.53. The first-order valence-electron chi connectivity index (χ1n) is 10.4. The molecule has 0 unspecified atom stereocenters. The molecule has 0 aliphatic heterocycles. The van der Waals surface area contributed by atoms with Crippen molar-refractivity contribution >= 4 is 27.6 Å². The summed E-state index contributed by atoms with van der Waals surface area (Å²) in [7, 11) is -3.19. The van der Waals surface area contributed by atoms with Crippen LogP contribution in [0.5, 0.6) is 0 Å². The summed E-state index contributed by atoms with van der Waals surface area (Å²) in [6.45, 7) is 4.83. The van der Waals surface area contributed by atoms with Crippen LogP contribution in [-0.2, 0) is 29.1 Å². The molecule has 11 heteroatoms. The minimum absolute atomic E-state index is 0.00940. The number of carbonyl (C=O) groups excluding carboxylic acids is 2. The predicted octanol–water partition coefficient (Wildman–Crippen LogP) is 2.91. The van der Waals surface area contributed by atoms with Gasteiger partial charge in [-0.1, -0.05) is 12.1 Å². The van der Waals surface area contributed by atoms with Crippen molar-refractivity contribution in [1.29, 1.82) is 0 Å². The summed E-state index contributed by atoms with van der Waals surface area (Å²) in [6.07, 6.45) is 2.20. The Balaban J connectivity index is 2.19. The van der Waals surface area contributed by atoms with Gasteiger partial charge < -0.3 is 9.47 Å². The van der Waals surface area contributed by atoms with E-state index in [-0.39, 0.29) is 24.3 Å². The molecule has 10 nitrogen and oxygen atoms in total. The summed E-state index contributed by atoms with van der Waals surface area (Å²) in [5.74, 6) is -1.41. The number of hydrogen-bond acceptors (Lipinski definition) is 8. The van der Waals surface area contributed by atoms with E-state index in [1.165, 1.54) is 12.1 Å². The van der Waals surface area contributed by atoms with Crippen molar-refractivity contribution in [2.45, 2.75) is 57.0 Å². The van der Waals surface area contributed by atoms with Gasteiger partial charge in [0, 0.05) is 12.6 Å². The molecule has 1 aliphatic rings. The monoisotopic (exact) mass is 470 g/mol. The number of esters is 2. The van der Waals surface area contributed by atoms with Crippen molar-refractivity contribution in [3.05, 3.63) is 34.4 Å². The third-order valence-electron chi connectivity index (χ3n) is 5.26. The highest BCUT2D eigenvalue weighted by Gasteiger charge is 2.36. The topological polar surface area (TPSA) is 133 Å². The van der Waals surface area contributed by atoms with E-state index >= 15 is 0 Å². The van der Waals surface area contributed by atoms with E-state index in [0.29, 0.717) is 25.7 Å². The molecule has 1 saturated carbocycles. The van der Waals surface area contributed by atoms with Gasteiger partial charge in [-0.3, -0.25) is 19.7 Å². The molecule has 2 rings (SSSR count). The number of sulfonamides is 1. The zero-order chi connectivity index (χ0) is 24.1. The molecule has 32 heavy (non-hydrogen) atoms. The molecular formula is C21H30N2O8S. The number of benzene rings is 1. The van der Waals surface area contributed by atoms with E-state index in [1.54, 1.807) is 20.8 Å². The van der Waals surface area contributed by atoms with Crippen LogP contribution >= 0.6 is 0 Å². The number of hydrogen-bond donors (Lipinski definition) is 0. The van der Waals surface area contributed by atoms with E-state index in [1.807, 2.05) is 0 Å². The standard InChI is InChI=1S/C21H30N2O8S/c1-21(2,3)31-20(25)16-11-9-15(10-12-16)13-22(14-19(24)30-4)32(28,29)18-8-6-5-7-17(18)23(26)27/h5-8,15-16H,9-14H2,1-4H3. The van der Waals surface area contributed by atoms with Crippen LogP contribution in [0.1, 0.15) is 46.5 Å². The van der Waals surface area contributed by atoms with Crippen LogP contribution in [0.4, 0.5) is 5.69 Å². The van der Waals surface area contributed by atoms with Gasteiger partial charge in [0.25, 0.3) is 5.69 Å². The van der Waals surface area contributed by atoms with E-state index < -0.39 is 43.6 Å². The molecule has 1 aliphatic carbocycles. The SMILES string of the molecule is COC(=O)CN(CC1CCC(C(=O)OC(C)(C)C)CC1)S(=O)(=O)c1ccccc1[N+](=O)[O-]. The predicted molar refractivity (Wildman–Crippen MR) is 115 cm³/mol. The maximum absolute atomic E-state index is 13.3. The van der Waals surface area contributed by atoms with Crippen LogP contribution in [0.3, 0.4) is 0 Å². The molecule has 1 fully saturated rings. The van der Waals surface area contributed by atoms with E-state index in [9.17, 15) is 28.1 Å². The van der Waals surface area contributed by atoms with Gasteiger partial charge in [-0.15, -0.1) is 0 Å². The Morgan fingerprint density at radius 1 is 1.16 bits per heavy atom. The number of nitro benzene ring substituents is 1. The van der Waals surface area contributed by atoms with E-state index in [0.717, 1.165) is 23.5 Å². The van der Waals surface area contributed by atoms with Gasteiger partial charge in [-0.25, -0.2) is 8.42 Å². The number of nitro groups is 1.